The molecule has 1 aromatic rings. The Kier molecular flexibility index (Phi) is 10.1. The Bertz CT molecular complexity index is 437. The molecule has 0 aliphatic heterocycles. The van der Waals surface area contributed by atoms with E-state index < -0.39 is 8.07 Å². The van der Waals surface area contributed by atoms with Gasteiger partial charge in [-0.05, 0) is 30.0 Å². The minimum absolute atomic E-state index is 0. The van der Waals surface area contributed by atoms with Gasteiger partial charge in [0.2, 0.25) is 0 Å². The van der Waals surface area contributed by atoms with E-state index in [1.807, 2.05) is 0 Å². The molecular formula is C18H30NiO2Si. The van der Waals surface area contributed by atoms with Crippen LogP contribution in [-0.2, 0) is 29.0 Å². The van der Waals surface area contributed by atoms with Crippen LogP contribution in [0.4, 0.5) is 0 Å². The summed E-state index contributed by atoms with van der Waals surface area (Å²) < 4.78 is 0. The quantitative estimate of drug-likeness (QED) is 0.487. The van der Waals surface area contributed by atoms with E-state index in [9.17, 15) is 10.2 Å². The van der Waals surface area contributed by atoms with Crippen molar-refractivity contribution in [3.8, 4) is 11.5 Å². The third kappa shape index (κ3) is 5.62. The first-order valence-corrected chi connectivity index (χ1v) is 11.3. The number of rotatable bonds is 9. The van der Waals surface area contributed by atoms with Crippen molar-refractivity contribution in [1.29, 1.82) is 0 Å². The first-order valence-electron chi connectivity index (χ1n) is 8.51. The molecule has 0 atom stereocenters. The van der Waals surface area contributed by atoms with Gasteiger partial charge in [0.05, 0.1) is 8.07 Å². The average Bonchev–Trinajstić information content (AvgIpc) is 2.49. The van der Waals surface area contributed by atoms with Gasteiger partial charge in [-0.3, -0.25) is 0 Å². The molecule has 0 spiro atoms. The molecule has 128 valence electrons. The van der Waals surface area contributed by atoms with Crippen LogP contribution in [0.25, 0.3) is 0 Å². The maximum atomic E-state index is 11.8. The smallest absolute Gasteiger partial charge is 0.873 e. The summed E-state index contributed by atoms with van der Waals surface area (Å²) in [4.78, 5) is 0. The number of aryl methyl sites for hydroxylation is 1. The molecular weight excluding hydrogens is 335 g/mol. The molecule has 0 heterocycles. The summed E-state index contributed by atoms with van der Waals surface area (Å²) in [5.41, 5.74) is 2.31. The minimum atomic E-state index is -1.32. The van der Waals surface area contributed by atoms with Gasteiger partial charge < -0.3 is 10.2 Å². The number of hydrogen-bond donors (Lipinski definition) is 0. The minimum Gasteiger partial charge on any atom is -0.873 e. The number of hydrogen-bond acceptors (Lipinski definition) is 2. The van der Waals surface area contributed by atoms with Gasteiger partial charge in [0, 0.05) is 0 Å². The zero-order valence-corrected chi connectivity index (χ0v) is 16.4. The summed E-state index contributed by atoms with van der Waals surface area (Å²) in [6, 6.07) is 8.08. The van der Waals surface area contributed by atoms with Gasteiger partial charge in [0.1, 0.15) is 0 Å². The van der Waals surface area contributed by atoms with Gasteiger partial charge in [-0.2, -0.15) is 0 Å². The van der Waals surface area contributed by atoms with Gasteiger partial charge in [-0.15, -0.1) is 11.5 Å². The number of unbranched alkanes of at least 4 members (excludes halogenated alkanes) is 2. The Hall–Kier alpha value is -0.470. The second-order valence-electron chi connectivity index (χ2n) is 6.26. The monoisotopic (exact) mass is 364 g/mol. The van der Waals surface area contributed by atoms with Gasteiger partial charge in [-0.25, -0.2) is 0 Å². The van der Waals surface area contributed by atoms with Crippen molar-refractivity contribution in [1.82, 2.24) is 0 Å². The summed E-state index contributed by atoms with van der Waals surface area (Å²) in [6.45, 7) is 9.05. The molecule has 0 amide bonds. The van der Waals surface area contributed by atoms with E-state index >= 15 is 0 Å². The van der Waals surface area contributed by atoms with Crippen molar-refractivity contribution in [2.75, 3.05) is 0 Å². The van der Waals surface area contributed by atoms with Crippen molar-refractivity contribution in [2.45, 2.75) is 77.6 Å². The third-order valence-electron chi connectivity index (χ3n) is 5.13. The van der Waals surface area contributed by atoms with Crippen LogP contribution in [0.5, 0.6) is 11.5 Å². The molecule has 1 aromatic carbocycles. The maximum absolute atomic E-state index is 11.8. The molecule has 0 aromatic heterocycles. The second-order valence-corrected chi connectivity index (χ2v) is 11.7. The Morgan fingerprint density at radius 2 is 1.32 bits per heavy atom. The molecule has 0 fully saturated rings. The Labute approximate surface area is 147 Å². The van der Waals surface area contributed by atoms with Gasteiger partial charge in [0.25, 0.3) is 0 Å². The van der Waals surface area contributed by atoms with Crippen LogP contribution in [0.2, 0.25) is 18.1 Å². The summed E-state index contributed by atoms with van der Waals surface area (Å²) in [5.74, 6) is -0.655. The van der Waals surface area contributed by atoms with Crippen molar-refractivity contribution in [3.05, 3.63) is 23.3 Å². The van der Waals surface area contributed by atoms with Crippen molar-refractivity contribution < 1.29 is 26.7 Å². The van der Waals surface area contributed by atoms with Crippen molar-refractivity contribution in [2.24, 2.45) is 0 Å². The fourth-order valence-corrected chi connectivity index (χ4v) is 6.52. The molecule has 0 aliphatic rings. The predicted molar refractivity (Wildman–Crippen MR) is 89.5 cm³/mol. The van der Waals surface area contributed by atoms with Crippen LogP contribution in [0.1, 0.15) is 58.1 Å². The summed E-state index contributed by atoms with van der Waals surface area (Å²) in [7, 11) is -1.32. The molecule has 0 saturated heterocycles. The Morgan fingerprint density at radius 1 is 0.818 bits per heavy atom. The van der Waals surface area contributed by atoms with Crippen LogP contribution < -0.4 is 10.2 Å². The van der Waals surface area contributed by atoms with Crippen LogP contribution >= 0.6 is 0 Å². The maximum Gasteiger partial charge on any atom is 2.00 e. The van der Waals surface area contributed by atoms with Crippen molar-refractivity contribution >= 4 is 8.07 Å². The fraction of sp³-hybridized carbons (Fsp3) is 0.667. The van der Waals surface area contributed by atoms with Gasteiger partial charge in [-0.1, -0.05) is 70.8 Å². The molecule has 0 N–H and O–H groups in total. The fourth-order valence-electron chi connectivity index (χ4n) is 3.14. The van der Waals surface area contributed by atoms with Crippen LogP contribution in [0.15, 0.2) is 12.1 Å². The van der Waals surface area contributed by atoms with Crippen molar-refractivity contribution in [3.63, 3.8) is 0 Å². The summed E-state index contributed by atoms with van der Waals surface area (Å²) >= 11 is 0. The Balaban J connectivity index is 0.00000441. The molecule has 1 rings (SSSR count). The largest absolute Gasteiger partial charge is 2.00 e. The molecule has 4 heteroatoms. The molecule has 22 heavy (non-hydrogen) atoms. The van der Waals surface area contributed by atoms with E-state index in [2.05, 4.69) is 27.7 Å². The molecule has 0 aliphatic carbocycles. The summed E-state index contributed by atoms with van der Waals surface area (Å²) in [5, 5.41) is 23.5. The molecule has 0 unspecified atom stereocenters. The van der Waals surface area contributed by atoms with Crippen LogP contribution in [-0.4, -0.2) is 8.07 Å². The second kappa shape index (κ2) is 10.3. The zero-order chi connectivity index (χ0) is 15.9. The molecule has 0 saturated carbocycles. The van der Waals surface area contributed by atoms with Gasteiger partial charge in [0.15, 0.2) is 0 Å². The normalized spacial score (nSPS) is 11.3. The third-order valence-corrected chi connectivity index (χ3v) is 10.8. The standard InChI is InChI=1S/C18H32O2Si.Ni/c1-5-9-10-11-15-12-17(19)18(20)13-16(15)14-21(6-2,7-3)8-4;/h12-13,19-20H,5-11,14H2,1-4H3;/q;+2/p-2. The van der Waals surface area contributed by atoms with E-state index in [-0.39, 0.29) is 28.0 Å². The molecule has 0 radical (unpaired) electrons. The van der Waals surface area contributed by atoms with E-state index in [0.29, 0.717) is 0 Å². The SMILES string of the molecule is CCCCCc1cc([O-])c([O-])cc1C[Si](CC)(CC)CC.[Ni+2]. The zero-order valence-electron chi connectivity index (χ0n) is 14.4. The van der Waals surface area contributed by atoms with Gasteiger partial charge >= 0.3 is 16.5 Å². The molecule has 2 nitrogen and oxygen atoms in total. The average molecular weight is 365 g/mol. The number of benzene rings is 1. The van der Waals surface area contributed by atoms with Crippen LogP contribution in [0.3, 0.4) is 0 Å². The Morgan fingerprint density at radius 3 is 1.77 bits per heavy atom. The first kappa shape index (κ1) is 21.5. The van der Waals surface area contributed by atoms with E-state index in [4.69, 9.17) is 0 Å². The topological polar surface area (TPSA) is 46.1 Å². The van der Waals surface area contributed by atoms with E-state index in [1.54, 1.807) is 12.1 Å². The first-order chi connectivity index (χ1) is 10.0. The molecule has 0 bridgehead atoms. The van der Waals surface area contributed by atoms with E-state index in [0.717, 1.165) is 24.4 Å². The van der Waals surface area contributed by atoms with E-state index in [1.165, 1.54) is 36.5 Å². The van der Waals surface area contributed by atoms with Crippen LogP contribution in [0, 0.1) is 0 Å². The predicted octanol–water partition coefficient (Wildman–Crippen LogP) is 4.15. The summed E-state index contributed by atoms with van der Waals surface area (Å²) in [6.07, 6.45) is 4.42.